The minimum atomic E-state index is -0.100. The van der Waals surface area contributed by atoms with Gasteiger partial charge in [-0.15, -0.1) is 0 Å². The number of hydrogen-bond donors (Lipinski definition) is 1. The molecule has 2 aliphatic rings. The van der Waals surface area contributed by atoms with Crippen LogP contribution in [0.4, 0.5) is 0 Å². The van der Waals surface area contributed by atoms with E-state index in [4.69, 9.17) is 0 Å². The zero-order chi connectivity index (χ0) is 12.7. The minimum absolute atomic E-state index is 0.100. The van der Waals surface area contributed by atoms with Crippen LogP contribution in [0.3, 0.4) is 0 Å². The first-order valence-corrected chi connectivity index (χ1v) is 7.21. The Balaban J connectivity index is 2.04. The van der Waals surface area contributed by atoms with Gasteiger partial charge in [0, 0.05) is 12.6 Å². The molecule has 2 atom stereocenters. The summed E-state index contributed by atoms with van der Waals surface area (Å²) in [5, 5.41) is 10.3. The lowest BCUT2D eigenvalue weighted by molar-refractivity contribution is -0.0425. The van der Waals surface area contributed by atoms with Crippen LogP contribution in [0.5, 0.6) is 0 Å². The summed E-state index contributed by atoms with van der Waals surface area (Å²) < 4.78 is 0. The molecule has 0 aromatic rings. The van der Waals surface area contributed by atoms with Gasteiger partial charge in [-0.1, -0.05) is 27.7 Å². The average Bonchev–Trinajstić information content (AvgIpc) is 2.20. The molecular formula is C15H29NO. The molecule has 0 aromatic heterocycles. The van der Waals surface area contributed by atoms with E-state index in [-0.39, 0.29) is 6.10 Å². The van der Waals surface area contributed by atoms with Gasteiger partial charge in [-0.3, -0.25) is 4.90 Å². The van der Waals surface area contributed by atoms with Crippen molar-refractivity contribution in [2.45, 2.75) is 71.9 Å². The zero-order valence-electron chi connectivity index (χ0n) is 12.0. The quantitative estimate of drug-likeness (QED) is 0.760. The van der Waals surface area contributed by atoms with Crippen molar-refractivity contribution in [2.75, 3.05) is 13.1 Å². The molecule has 100 valence electrons. The topological polar surface area (TPSA) is 23.5 Å². The molecule has 0 radical (unpaired) electrons. The number of likely N-dealkylation sites (tertiary alicyclic amines) is 1. The lowest BCUT2D eigenvalue weighted by atomic mass is 9.72. The lowest BCUT2D eigenvalue weighted by Crippen LogP contribution is -2.53. The molecule has 17 heavy (non-hydrogen) atoms. The largest absolute Gasteiger partial charge is 0.391 e. The molecule has 0 amide bonds. The Morgan fingerprint density at radius 2 is 1.76 bits per heavy atom. The average molecular weight is 239 g/mol. The predicted octanol–water partition coefficient (Wildman–Crippen LogP) is 3.05. The van der Waals surface area contributed by atoms with Crippen LogP contribution in [0.2, 0.25) is 0 Å². The van der Waals surface area contributed by atoms with Crippen molar-refractivity contribution in [3.63, 3.8) is 0 Å². The first-order valence-electron chi connectivity index (χ1n) is 7.21. The third kappa shape index (κ3) is 3.23. The molecule has 1 aliphatic carbocycles. The zero-order valence-corrected chi connectivity index (χ0v) is 12.0. The molecule has 1 saturated heterocycles. The fourth-order valence-electron chi connectivity index (χ4n) is 3.66. The van der Waals surface area contributed by atoms with Gasteiger partial charge in [-0.2, -0.15) is 0 Å². The summed E-state index contributed by atoms with van der Waals surface area (Å²) in [5.74, 6) is 0. The van der Waals surface area contributed by atoms with E-state index >= 15 is 0 Å². The smallest absolute Gasteiger partial charge is 0.0695 e. The summed E-state index contributed by atoms with van der Waals surface area (Å²) in [6, 6.07) is 0.401. The Morgan fingerprint density at radius 1 is 1.06 bits per heavy atom. The molecule has 2 nitrogen and oxygen atoms in total. The van der Waals surface area contributed by atoms with E-state index in [0.29, 0.717) is 16.9 Å². The van der Waals surface area contributed by atoms with Crippen molar-refractivity contribution in [3.05, 3.63) is 0 Å². The number of rotatable bonds is 1. The molecule has 1 heterocycles. The molecule has 2 heteroatoms. The molecule has 2 fully saturated rings. The first-order chi connectivity index (χ1) is 7.79. The van der Waals surface area contributed by atoms with Gasteiger partial charge in [0.15, 0.2) is 0 Å². The fourth-order valence-corrected chi connectivity index (χ4v) is 3.66. The molecule has 0 aromatic carbocycles. The summed E-state index contributed by atoms with van der Waals surface area (Å²) in [6.45, 7) is 11.8. The SMILES string of the molecule is CC1(C)CCC(O)C(N2CCCC(C)(C)C2)C1. The van der Waals surface area contributed by atoms with Gasteiger partial charge in [0.25, 0.3) is 0 Å². The summed E-state index contributed by atoms with van der Waals surface area (Å²) >= 11 is 0. The fraction of sp³-hybridized carbons (Fsp3) is 1.00. The van der Waals surface area contributed by atoms with Crippen LogP contribution < -0.4 is 0 Å². The van der Waals surface area contributed by atoms with Crippen LogP contribution in [0, 0.1) is 10.8 Å². The molecule has 1 aliphatic heterocycles. The molecule has 2 rings (SSSR count). The maximum atomic E-state index is 10.3. The lowest BCUT2D eigenvalue weighted by Gasteiger charge is -2.48. The normalized spacial score (nSPS) is 37.9. The van der Waals surface area contributed by atoms with Crippen LogP contribution >= 0.6 is 0 Å². The Morgan fingerprint density at radius 3 is 2.41 bits per heavy atom. The van der Waals surface area contributed by atoms with Crippen molar-refractivity contribution < 1.29 is 5.11 Å². The van der Waals surface area contributed by atoms with E-state index in [0.717, 1.165) is 19.4 Å². The number of aliphatic hydroxyl groups excluding tert-OH is 1. The van der Waals surface area contributed by atoms with Gasteiger partial charge in [0.1, 0.15) is 0 Å². The van der Waals surface area contributed by atoms with E-state index in [1.54, 1.807) is 0 Å². The summed E-state index contributed by atoms with van der Waals surface area (Å²) in [4.78, 5) is 2.56. The van der Waals surface area contributed by atoms with E-state index in [9.17, 15) is 5.11 Å². The van der Waals surface area contributed by atoms with Crippen molar-refractivity contribution in [3.8, 4) is 0 Å². The Labute approximate surface area is 106 Å². The van der Waals surface area contributed by atoms with Gasteiger partial charge in [-0.05, 0) is 49.5 Å². The monoisotopic (exact) mass is 239 g/mol. The second kappa shape index (κ2) is 4.55. The second-order valence-corrected chi connectivity index (χ2v) is 7.78. The standard InChI is InChI=1S/C15H29NO/c1-14(2)8-6-13(17)12(10-14)16-9-5-7-15(3,4)11-16/h12-13,17H,5-11H2,1-4H3. The summed E-state index contributed by atoms with van der Waals surface area (Å²) in [7, 11) is 0. The third-order valence-corrected chi connectivity index (χ3v) is 4.72. The Kier molecular flexibility index (Phi) is 3.57. The van der Waals surface area contributed by atoms with Gasteiger partial charge >= 0.3 is 0 Å². The van der Waals surface area contributed by atoms with E-state index in [1.165, 1.54) is 25.8 Å². The van der Waals surface area contributed by atoms with Crippen LogP contribution in [-0.2, 0) is 0 Å². The van der Waals surface area contributed by atoms with Crippen LogP contribution in [-0.4, -0.2) is 35.2 Å². The molecular weight excluding hydrogens is 210 g/mol. The highest BCUT2D eigenvalue weighted by atomic mass is 16.3. The maximum absolute atomic E-state index is 10.3. The highest BCUT2D eigenvalue weighted by Crippen LogP contribution is 2.40. The van der Waals surface area contributed by atoms with Crippen molar-refractivity contribution in [1.82, 2.24) is 4.90 Å². The number of aliphatic hydroxyl groups is 1. The highest BCUT2D eigenvalue weighted by Gasteiger charge is 2.39. The number of piperidine rings is 1. The molecule has 0 spiro atoms. The summed E-state index contributed by atoms with van der Waals surface area (Å²) in [6.07, 6.45) is 5.82. The highest BCUT2D eigenvalue weighted by molar-refractivity contribution is 4.93. The Hall–Kier alpha value is -0.0800. The van der Waals surface area contributed by atoms with Gasteiger partial charge < -0.3 is 5.11 Å². The van der Waals surface area contributed by atoms with Crippen LogP contribution in [0.1, 0.15) is 59.8 Å². The van der Waals surface area contributed by atoms with Gasteiger partial charge in [0.2, 0.25) is 0 Å². The number of nitrogens with zero attached hydrogens (tertiary/aromatic N) is 1. The molecule has 0 bridgehead atoms. The third-order valence-electron chi connectivity index (χ3n) is 4.72. The van der Waals surface area contributed by atoms with Gasteiger partial charge in [-0.25, -0.2) is 0 Å². The minimum Gasteiger partial charge on any atom is -0.391 e. The van der Waals surface area contributed by atoms with E-state index < -0.39 is 0 Å². The van der Waals surface area contributed by atoms with Crippen LogP contribution in [0.15, 0.2) is 0 Å². The van der Waals surface area contributed by atoms with Crippen molar-refractivity contribution >= 4 is 0 Å². The van der Waals surface area contributed by atoms with E-state index in [1.807, 2.05) is 0 Å². The molecule has 1 saturated carbocycles. The van der Waals surface area contributed by atoms with Gasteiger partial charge in [0.05, 0.1) is 6.10 Å². The van der Waals surface area contributed by atoms with Crippen LogP contribution in [0.25, 0.3) is 0 Å². The number of hydrogen-bond acceptors (Lipinski definition) is 2. The van der Waals surface area contributed by atoms with Crippen molar-refractivity contribution in [2.24, 2.45) is 10.8 Å². The maximum Gasteiger partial charge on any atom is 0.0695 e. The first kappa shape index (κ1) is 13.4. The Bertz CT molecular complexity index is 272. The molecule has 2 unspecified atom stereocenters. The summed E-state index contributed by atoms with van der Waals surface area (Å²) in [5.41, 5.74) is 0.838. The second-order valence-electron chi connectivity index (χ2n) is 7.78. The van der Waals surface area contributed by atoms with Crippen molar-refractivity contribution in [1.29, 1.82) is 0 Å². The molecule has 1 N–H and O–H groups in total. The predicted molar refractivity (Wildman–Crippen MR) is 72.0 cm³/mol. The van der Waals surface area contributed by atoms with E-state index in [2.05, 4.69) is 32.6 Å².